The van der Waals surface area contributed by atoms with Crippen LogP contribution >= 0.6 is 0 Å². The summed E-state index contributed by atoms with van der Waals surface area (Å²) in [5.74, 6) is -0.972. The minimum atomic E-state index is -1.82. The third-order valence-electron chi connectivity index (χ3n) is 5.13. The molecule has 2 N–H and O–H groups in total. The number of hydrogen-bond donors (Lipinski definition) is 2. The minimum Gasteiger partial charge on any atom is -0.494 e. The Bertz CT molecular complexity index is 897. The number of nitrogens with zero attached hydrogens (tertiary/aromatic N) is 2. The summed E-state index contributed by atoms with van der Waals surface area (Å²) in [6, 6.07) is 14.7. The lowest BCUT2D eigenvalue weighted by Gasteiger charge is -2.34. The number of benzene rings is 2. The van der Waals surface area contributed by atoms with Crippen molar-refractivity contribution in [3.63, 3.8) is 0 Å². The summed E-state index contributed by atoms with van der Waals surface area (Å²) in [4.78, 5) is 23.2. The number of rotatable bonds is 6. The molecule has 0 aromatic heterocycles. The predicted molar refractivity (Wildman–Crippen MR) is 116 cm³/mol. The van der Waals surface area contributed by atoms with Crippen LogP contribution in [0.25, 0.3) is 0 Å². The van der Waals surface area contributed by atoms with E-state index in [0.717, 1.165) is 56.5 Å². The fraction of sp³-hybridized carbons (Fsp3) is 0.391. The van der Waals surface area contributed by atoms with Gasteiger partial charge in [0.15, 0.2) is 11.5 Å². The van der Waals surface area contributed by atoms with Crippen molar-refractivity contribution in [3.05, 3.63) is 53.6 Å². The minimum absolute atomic E-state index is 0.336. The summed E-state index contributed by atoms with van der Waals surface area (Å²) in [7, 11) is 0. The fourth-order valence-electron chi connectivity index (χ4n) is 3.52. The molecule has 2 aliphatic rings. The zero-order chi connectivity index (χ0) is 22.9. The SMILES string of the molecule is CCOc1ccc(CN2CCN(Cc3ccc4c(c3)OCO4)CC2)cc1.O=C(O)C(=O)O. The first-order chi connectivity index (χ1) is 15.4. The quantitative estimate of drug-likeness (QED) is 0.649. The number of carboxylic acid groups (broad SMARTS) is 2. The lowest BCUT2D eigenvalue weighted by molar-refractivity contribution is -0.159. The molecular weight excluding hydrogens is 416 g/mol. The molecule has 4 rings (SSSR count). The summed E-state index contributed by atoms with van der Waals surface area (Å²) in [6.45, 7) is 9.40. The van der Waals surface area contributed by atoms with E-state index in [1.165, 1.54) is 11.1 Å². The number of aliphatic carboxylic acids is 2. The molecule has 2 aromatic carbocycles. The lowest BCUT2D eigenvalue weighted by atomic mass is 10.1. The standard InChI is InChI=1S/C21H26N2O3.C2H2O4/c1-2-24-19-6-3-17(4-7-19)14-22-9-11-23(12-10-22)15-18-5-8-20-21(13-18)26-16-25-20;3-1(4)2(5)6/h3-8,13H,2,9-12,14-16H2,1H3;(H,3,4)(H,5,6). The molecule has 0 radical (unpaired) electrons. The highest BCUT2D eigenvalue weighted by atomic mass is 16.7. The molecule has 0 saturated carbocycles. The Hall–Kier alpha value is -3.30. The highest BCUT2D eigenvalue weighted by molar-refractivity contribution is 6.27. The van der Waals surface area contributed by atoms with Crippen LogP contribution in [0.4, 0.5) is 0 Å². The predicted octanol–water partition coefficient (Wildman–Crippen LogP) is 2.29. The van der Waals surface area contributed by atoms with E-state index in [2.05, 4.69) is 46.2 Å². The maximum atomic E-state index is 9.10. The van der Waals surface area contributed by atoms with Crippen LogP contribution in [0, 0.1) is 0 Å². The molecule has 0 atom stereocenters. The lowest BCUT2D eigenvalue weighted by Crippen LogP contribution is -2.45. The normalized spacial score (nSPS) is 15.5. The molecule has 172 valence electrons. The summed E-state index contributed by atoms with van der Waals surface area (Å²) < 4.78 is 16.4. The molecule has 0 aliphatic carbocycles. The van der Waals surface area contributed by atoms with Crippen molar-refractivity contribution in [2.24, 2.45) is 0 Å². The van der Waals surface area contributed by atoms with Crippen molar-refractivity contribution in [3.8, 4) is 17.2 Å². The van der Waals surface area contributed by atoms with Gasteiger partial charge in [0.05, 0.1) is 6.61 Å². The van der Waals surface area contributed by atoms with Crippen molar-refractivity contribution < 1.29 is 34.0 Å². The van der Waals surface area contributed by atoms with Gasteiger partial charge in [-0.25, -0.2) is 9.59 Å². The molecule has 32 heavy (non-hydrogen) atoms. The van der Waals surface area contributed by atoms with Crippen molar-refractivity contribution in [2.45, 2.75) is 20.0 Å². The van der Waals surface area contributed by atoms with E-state index in [9.17, 15) is 0 Å². The van der Waals surface area contributed by atoms with Gasteiger partial charge in [-0.2, -0.15) is 0 Å². The van der Waals surface area contributed by atoms with Crippen molar-refractivity contribution in [1.29, 1.82) is 0 Å². The molecule has 0 amide bonds. The van der Waals surface area contributed by atoms with Crippen molar-refractivity contribution in [1.82, 2.24) is 9.80 Å². The number of fused-ring (bicyclic) bond motifs is 1. The highest BCUT2D eigenvalue weighted by Crippen LogP contribution is 2.32. The van der Waals surface area contributed by atoms with Crippen molar-refractivity contribution in [2.75, 3.05) is 39.6 Å². The Morgan fingerprint density at radius 1 is 0.844 bits per heavy atom. The second-order valence-electron chi connectivity index (χ2n) is 7.43. The fourth-order valence-corrected chi connectivity index (χ4v) is 3.52. The number of carbonyl (C=O) groups is 2. The zero-order valence-corrected chi connectivity index (χ0v) is 18.0. The van der Waals surface area contributed by atoms with Crippen LogP contribution < -0.4 is 14.2 Å². The first-order valence-corrected chi connectivity index (χ1v) is 10.5. The van der Waals surface area contributed by atoms with Gasteiger partial charge in [-0.15, -0.1) is 0 Å². The van der Waals surface area contributed by atoms with E-state index in [0.29, 0.717) is 13.4 Å². The topological polar surface area (TPSA) is 109 Å². The maximum Gasteiger partial charge on any atom is 0.414 e. The van der Waals surface area contributed by atoms with E-state index in [-0.39, 0.29) is 0 Å². The van der Waals surface area contributed by atoms with Gasteiger partial charge in [0.1, 0.15) is 5.75 Å². The van der Waals surface area contributed by atoms with Crippen LogP contribution in [-0.2, 0) is 22.7 Å². The Balaban J connectivity index is 0.000000427. The molecule has 9 nitrogen and oxygen atoms in total. The first-order valence-electron chi connectivity index (χ1n) is 10.5. The molecule has 2 aliphatic heterocycles. The average Bonchev–Trinajstić information content (AvgIpc) is 3.25. The van der Waals surface area contributed by atoms with Gasteiger partial charge in [-0.3, -0.25) is 9.80 Å². The van der Waals surface area contributed by atoms with Crippen LogP contribution in [0.5, 0.6) is 17.2 Å². The Morgan fingerprint density at radius 2 is 1.38 bits per heavy atom. The molecular formula is C23H28N2O7. The van der Waals surface area contributed by atoms with Crippen molar-refractivity contribution >= 4 is 11.9 Å². The van der Waals surface area contributed by atoms with Crippen LogP contribution in [0.2, 0.25) is 0 Å². The van der Waals surface area contributed by atoms with E-state index in [1.54, 1.807) is 0 Å². The Labute approximate surface area is 186 Å². The van der Waals surface area contributed by atoms with Gasteiger partial charge in [-0.05, 0) is 42.3 Å². The summed E-state index contributed by atoms with van der Waals surface area (Å²) in [6.07, 6.45) is 0. The maximum absolute atomic E-state index is 9.10. The van der Waals surface area contributed by atoms with E-state index >= 15 is 0 Å². The van der Waals surface area contributed by atoms with E-state index in [4.69, 9.17) is 34.0 Å². The summed E-state index contributed by atoms with van der Waals surface area (Å²) in [5.41, 5.74) is 2.63. The van der Waals surface area contributed by atoms with E-state index < -0.39 is 11.9 Å². The highest BCUT2D eigenvalue weighted by Gasteiger charge is 2.19. The second kappa shape index (κ2) is 11.4. The van der Waals surface area contributed by atoms with Gasteiger partial charge >= 0.3 is 11.9 Å². The Morgan fingerprint density at radius 3 is 1.94 bits per heavy atom. The van der Waals surface area contributed by atoms with Crippen LogP contribution in [-0.4, -0.2) is 71.5 Å². The van der Waals surface area contributed by atoms with Gasteiger partial charge in [0.25, 0.3) is 0 Å². The first kappa shape index (κ1) is 23.4. The molecule has 2 aromatic rings. The monoisotopic (exact) mass is 444 g/mol. The van der Waals surface area contributed by atoms with Gasteiger partial charge < -0.3 is 24.4 Å². The Kier molecular flexibility index (Phi) is 8.29. The average molecular weight is 444 g/mol. The summed E-state index contributed by atoms with van der Waals surface area (Å²) >= 11 is 0. The van der Waals surface area contributed by atoms with Crippen LogP contribution in [0.3, 0.4) is 0 Å². The zero-order valence-electron chi connectivity index (χ0n) is 18.0. The smallest absolute Gasteiger partial charge is 0.414 e. The molecule has 1 saturated heterocycles. The number of carboxylic acids is 2. The second-order valence-corrected chi connectivity index (χ2v) is 7.43. The molecule has 0 unspecified atom stereocenters. The van der Waals surface area contributed by atoms with Crippen LogP contribution in [0.1, 0.15) is 18.1 Å². The number of piperazine rings is 1. The molecule has 9 heteroatoms. The van der Waals surface area contributed by atoms with Gasteiger partial charge in [-0.1, -0.05) is 18.2 Å². The molecule has 0 bridgehead atoms. The van der Waals surface area contributed by atoms with Gasteiger partial charge in [0, 0.05) is 39.3 Å². The van der Waals surface area contributed by atoms with Gasteiger partial charge in [0.2, 0.25) is 6.79 Å². The van der Waals surface area contributed by atoms with Crippen LogP contribution in [0.15, 0.2) is 42.5 Å². The largest absolute Gasteiger partial charge is 0.494 e. The van der Waals surface area contributed by atoms with E-state index in [1.807, 2.05) is 13.0 Å². The third kappa shape index (κ3) is 6.86. The molecule has 0 spiro atoms. The molecule has 1 fully saturated rings. The summed E-state index contributed by atoms with van der Waals surface area (Å²) in [5, 5.41) is 14.8. The number of ether oxygens (including phenoxy) is 3. The molecule has 2 heterocycles. The third-order valence-corrected chi connectivity index (χ3v) is 5.13. The number of hydrogen-bond acceptors (Lipinski definition) is 7.